The molecule has 8 heteroatoms. The molecule has 3 rings (SSSR count). The summed E-state index contributed by atoms with van der Waals surface area (Å²) in [6, 6.07) is 10.2. The summed E-state index contributed by atoms with van der Waals surface area (Å²) in [5.74, 6) is 1.39. The standard InChI is InChI=1S/C18H24N6O.ClH/c1-3-25-11-7-10-19-18-22-16(15-13-21-24(2)17(15)23-18)20-12-14-8-5-4-6-9-14;/h4-6,8-9,13H,3,7,10-12H2,1-2H3,(H2,19,20,22,23);1H. The van der Waals surface area contributed by atoms with Crippen molar-refractivity contribution < 1.29 is 4.74 Å². The molecule has 1 aromatic carbocycles. The highest BCUT2D eigenvalue weighted by molar-refractivity contribution is 5.87. The van der Waals surface area contributed by atoms with Gasteiger partial charge in [0.2, 0.25) is 5.95 Å². The van der Waals surface area contributed by atoms with Crippen molar-refractivity contribution in [2.45, 2.75) is 19.9 Å². The second-order valence-corrected chi connectivity index (χ2v) is 5.72. The molecule has 2 N–H and O–H groups in total. The lowest BCUT2D eigenvalue weighted by Crippen LogP contribution is -2.11. The number of nitrogens with one attached hydrogen (secondary N) is 2. The summed E-state index contributed by atoms with van der Waals surface area (Å²) < 4.78 is 7.11. The first-order valence-electron chi connectivity index (χ1n) is 8.57. The van der Waals surface area contributed by atoms with E-state index in [1.807, 2.05) is 32.2 Å². The molecular weight excluding hydrogens is 352 g/mol. The topological polar surface area (TPSA) is 76.9 Å². The minimum Gasteiger partial charge on any atom is -0.382 e. The van der Waals surface area contributed by atoms with Crippen molar-refractivity contribution in [3.8, 4) is 0 Å². The van der Waals surface area contributed by atoms with Gasteiger partial charge >= 0.3 is 0 Å². The van der Waals surface area contributed by atoms with Gasteiger partial charge in [0.15, 0.2) is 5.65 Å². The maximum absolute atomic E-state index is 5.35. The summed E-state index contributed by atoms with van der Waals surface area (Å²) >= 11 is 0. The molecule has 0 saturated carbocycles. The van der Waals surface area contributed by atoms with Crippen molar-refractivity contribution in [1.29, 1.82) is 0 Å². The molecule has 0 fully saturated rings. The van der Waals surface area contributed by atoms with Gasteiger partial charge in [0.1, 0.15) is 5.82 Å². The van der Waals surface area contributed by atoms with E-state index in [4.69, 9.17) is 4.74 Å². The molecule has 0 spiro atoms. The Hall–Kier alpha value is -2.38. The number of ether oxygens (including phenoxy) is 1. The summed E-state index contributed by atoms with van der Waals surface area (Å²) in [4.78, 5) is 9.19. The number of hydrogen-bond donors (Lipinski definition) is 2. The van der Waals surface area contributed by atoms with Crippen molar-refractivity contribution in [3.05, 3.63) is 42.1 Å². The average Bonchev–Trinajstić information content (AvgIpc) is 3.02. The molecule has 0 aliphatic carbocycles. The second-order valence-electron chi connectivity index (χ2n) is 5.72. The van der Waals surface area contributed by atoms with E-state index < -0.39 is 0 Å². The molecule has 0 unspecified atom stereocenters. The van der Waals surface area contributed by atoms with Crippen LogP contribution in [0.5, 0.6) is 0 Å². The lowest BCUT2D eigenvalue weighted by atomic mass is 10.2. The van der Waals surface area contributed by atoms with Crippen LogP contribution in [0.3, 0.4) is 0 Å². The summed E-state index contributed by atoms with van der Waals surface area (Å²) in [7, 11) is 1.88. The molecule has 0 amide bonds. The third-order valence-corrected chi connectivity index (χ3v) is 3.85. The van der Waals surface area contributed by atoms with E-state index in [-0.39, 0.29) is 12.4 Å². The predicted octanol–water partition coefficient (Wildman–Crippen LogP) is 3.24. The zero-order valence-electron chi connectivity index (χ0n) is 15.1. The largest absolute Gasteiger partial charge is 0.382 e. The quantitative estimate of drug-likeness (QED) is 0.558. The van der Waals surface area contributed by atoms with Gasteiger partial charge in [-0.15, -0.1) is 12.4 Å². The van der Waals surface area contributed by atoms with Crippen LogP contribution < -0.4 is 10.6 Å². The molecule has 0 bridgehead atoms. The average molecular weight is 377 g/mol. The van der Waals surface area contributed by atoms with Crippen molar-refractivity contribution in [2.24, 2.45) is 7.05 Å². The van der Waals surface area contributed by atoms with Gasteiger partial charge in [0.05, 0.1) is 11.6 Å². The number of fused-ring (bicyclic) bond motifs is 1. The fraction of sp³-hybridized carbons (Fsp3) is 0.389. The normalized spacial score (nSPS) is 10.5. The lowest BCUT2D eigenvalue weighted by molar-refractivity contribution is 0.147. The fourth-order valence-corrected chi connectivity index (χ4v) is 2.54. The Morgan fingerprint density at radius 3 is 2.69 bits per heavy atom. The number of benzene rings is 1. The van der Waals surface area contributed by atoms with Crippen molar-refractivity contribution in [1.82, 2.24) is 19.7 Å². The van der Waals surface area contributed by atoms with E-state index >= 15 is 0 Å². The van der Waals surface area contributed by atoms with Crippen LogP contribution in [0.4, 0.5) is 11.8 Å². The van der Waals surface area contributed by atoms with Crippen LogP contribution >= 0.6 is 12.4 Å². The molecule has 3 aromatic rings. The van der Waals surface area contributed by atoms with Crippen molar-refractivity contribution >= 4 is 35.2 Å². The third kappa shape index (κ3) is 5.06. The van der Waals surface area contributed by atoms with Gasteiger partial charge < -0.3 is 15.4 Å². The van der Waals surface area contributed by atoms with Crippen LogP contribution in [-0.4, -0.2) is 39.5 Å². The summed E-state index contributed by atoms with van der Waals surface area (Å²) in [5.41, 5.74) is 2.00. The first-order valence-corrected chi connectivity index (χ1v) is 8.57. The highest BCUT2D eigenvalue weighted by Gasteiger charge is 2.11. The van der Waals surface area contributed by atoms with E-state index in [0.717, 1.165) is 43.0 Å². The monoisotopic (exact) mass is 376 g/mol. The molecule has 2 heterocycles. The van der Waals surface area contributed by atoms with E-state index in [1.54, 1.807) is 10.9 Å². The van der Waals surface area contributed by atoms with Gasteiger partial charge in [-0.3, -0.25) is 4.68 Å². The molecule has 7 nitrogen and oxygen atoms in total. The van der Waals surface area contributed by atoms with Gasteiger partial charge in [0.25, 0.3) is 0 Å². The van der Waals surface area contributed by atoms with Gasteiger partial charge in [-0.05, 0) is 18.9 Å². The zero-order chi connectivity index (χ0) is 17.5. The fourth-order valence-electron chi connectivity index (χ4n) is 2.54. The Morgan fingerprint density at radius 2 is 1.92 bits per heavy atom. The van der Waals surface area contributed by atoms with Crippen molar-refractivity contribution in [2.75, 3.05) is 30.4 Å². The smallest absolute Gasteiger partial charge is 0.226 e. The molecule has 0 aliphatic heterocycles. The maximum Gasteiger partial charge on any atom is 0.226 e. The van der Waals surface area contributed by atoms with E-state index in [9.17, 15) is 0 Å². The van der Waals surface area contributed by atoms with E-state index in [0.29, 0.717) is 12.5 Å². The molecular formula is C18H25ClN6O. The number of rotatable bonds is 9. The summed E-state index contributed by atoms with van der Waals surface area (Å²) in [5, 5.41) is 11.9. The second kappa shape index (κ2) is 9.94. The van der Waals surface area contributed by atoms with Crippen LogP contribution in [0.2, 0.25) is 0 Å². The summed E-state index contributed by atoms with van der Waals surface area (Å²) in [6.07, 6.45) is 2.70. The third-order valence-electron chi connectivity index (χ3n) is 3.85. The highest BCUT2D eigenvalue weighted by atomic mass is 35.5. The predicted molar refractivity (Wildman–Crippen MR) is 107 cm³/mol. The number of aromatic nitrogens is 4. The molecule has 0 saturated heterocycles. The lowest BCUT2D eigenvalue weighted by Gasteiger charge is -2.10. The zero-order valence-corrected chi connectivity index (χ0v) is 15.9. The van der Waals surface area contributed by atoms with Gasteiger partial charge in [-0.2, -0.15) is 15.1 Å². The van der Waals surface area contributed by atoms with Gasteiger partial charge in [0, 0.05) is 33.4 Å². The SMILES string of the molecule is CCOCCCNc1nc(NCc2ccccc2)c2cnn(C)c2n1.Cl. The molecule has 26 heavy (non-hydrogen) atoms. The number of anilines is 2. The van der Waals surface area contributed by atoms with Gasteiger partial charge in [-0.25, -0.2) is 0 Å². The molecule has 2 aromatic heterocycles. The van der Waals surface area contributed by atoms with Crippen LogP contribution in [0.15, 0.2) is 36.5 Å². The van der Waals surface area contributed by atoms with Crippen LogP contribution in [0.1, 0.15) is 18.9 Å². The Labute approximate surface area is 159 Å². The van der Waals surface area contributed by atoms with Crippen LogP contribution in [0, 0.1) is 0 Å². The Kier molecular flexibility index (Phi) is 7.62. The number of halogens is 1. The summed E-state index contributed by atoms with van der Waals surface area (Å²) in [6.45, 7) is 4.94. The van der Waals surface area contributed by atoms with E-state index in [2.05, 4.69) is 37.8 Å². The molecule has 140 valence electrons. The van der Waals surface area contributed by atoms with Crippen LogP contribution in [-0.2, 0) is 18.3 Å². The first kappa shape index (κ1) is 19.9. The first-order chi connectivity index (χ1) is 12.3. The van der Waals surface area contributed by atoms with Crippen molar-refractivity contribution in [3.63, 3.8) is 0 Å². The highest BCUT2D eigenvalue weighted by Crippen LogP contribution is 2.22. The molecule has 0 atom stereocenters. The molecule has 0 aliphatic rings. The Bertz CT molecular complexity index is 808. The number of aryl methyl sites for hydroxylation is 1. The molecule has 0 radical (unpaired) electrons. The minimum atomic E-state index is 0. The number of hydrogen-bond acceptors (Lipinski definition) is 6. The van der Waals surface area contributed by atoms with E-state index in [1.165, 1.54) is 5.56 Å². The van der Waals surface area contributed by atoms with Crippen LogP contribution in [0.25, 0.3) is 11.0 Å². The Balaban J connectivity index is 0.00000243. The van der Waals surface area contributed by atoms with Gasteiger partial charge in [-0.1, -0.05) is 30.3 Å². The number of nitrogens with zero attached hydrogens (tertiary/aromatic N) is 4. The minimum absolute atomic E-state index is 0. The Morgan fingerprint density at radius 1 is 1.12 bits per heavy atom. The maximum atomic E-state index is 5.35.